The number of nitrogens with zero attached hydrogens (tertiary/aromatic N) is 4. The molecule has 9 heteroatoms. The maximum absolute atomic E-state index is 12.6. The molecule has 2 heterocycles. The van der Waals surface area contributed by atoms with Crippen LogP contribution in [0.15, 0.2) is 18.5 Å². The van der Waals surface area contributed by atoms with Gasteiger partial charge in [-0.25, -0.2) is 9.50 Å². The van der Waals surface area contributed by atoms with E-state index in [0.717, 1.165) is 0 Å². The highest BCUT2D eigenvalue weighted by atomic mass is 35.5. The first kappa shape index (κ1) is 19.5. The van der Waals surface area contributed by atoms with Gasteiger partial charge in [0.05, 0.1) is 0 Å². The van der Waals surface area contributed by atoms with Crippen LogP contribution in [0.4, 0.5) is 0 Å². The standard InChI is InChI=1S/C16H21Cl2N5O2/c1-10(2)11(20-12(24)9-17)5-8-22(3)16(25)14-13(18)15-19-6-4-7-23(15)21-14/h4,6-7,10-11H,5,8-9H2,1-3H3,(H,20,24). The number of aromatic nitrogens is 3. The number of carbonyl (C=O) groups is 2. The highest BCUT2D eigenvalue weighted by Gasteiger charge is 2.23. The molecule has 0 spiro atoms. The van der Waals surface area contributed by atoms with Gasteiger partial charge in [-0.3, -0.25) is 9.59 Å². The molecular weight excluding hydrogens is 365 g/mol. The Morgan fingerprint density at radius 1 is 1.40 bits per heavy atom. The van der Waals surface area contributed by atoms with Gasteiger partial charge in [-0.15, -0.1) is 11.6 Å². The molecule has 0 bridgehead atoms. The summed E-state index contributed by atoms with van der Waals surface area (Å²) >= 11 is 11.8. The summed E-state index contributed by atoms with van der Waals surface area (Å²) in [6.07, 6.45) is 3.88. The van der Waals surface area contributed by atoms with E-state index in [0.29, 0.717) is 18.6 Å². The lowest BCUT2D eigenvalue weighted by Crippen LogP contribution is -2.42. The van der Waals surface area contributed by atoms with Gasteiger partial charge in [0.2, 0.25) is 5.91 Å². The van der Waals surface area contributed by atoms with Crippen molar-refractivity contribution in [3.05, 3.63) is 29.2 Å². The van der Waals surface area contributed by atoms with Crippen molar-refractivity contribution in [2.45, 2.75) is 26.3 Å². The first-order valence-corrected chi connectivity index (χ1v) is 8.86. The Labute approximate surface area is 156 Å². The monoisotopic (exact) mass is 385 g/mol. The van der Waals surface area contributed by atoms with Gasteiger partial charge in [0.1, 0.15) is 10.9 Å². The minimum atomic E-state index is -0.290. The summed E-state index contributed by atoms with van der Waals surface area (Å²) in [5, 5.41) is 7.30. The van der Waals surface area contributed by atoms with E-state index in [4.69, 9.17) is 23.2 Å². The smallest absolute Gasteiger partial charge is 0.275 e. The van der Waals surface area contributed by atoms with Gasteiger partial charge in [0.25, 0.3) is 5.91 Å². The molecule has 0 fully saturated rings. The zero-order valence-corrected chi connectivity index (χ0v) is 15.9. The molecule has 0 saturated heterocycles. The van der Waals surface area contributed by atoms with Crippen molar-refractivity contribution in [2.75, 3.05) is 19.5 Å². The maximum atomic E-state index is 12.6. The highest BCUT2D eigenvalue weighted by molar-refractivity contribution is 6.36. The van der Waals surface area contributed by atoms with Crippen molar-refractivity contribution in [2.24, 2.45) is 5.92 Å². The van der Waals surface area contributed by atoms with Crippen LogP contribution in [0.5, 0.6) is 0 Å². The normalized spacial score (nSPS) is 12.4. The van der Waals surface area contributed by atoms with Crippen molar-refractivity contribution in [1.29, 1.82) is 0 Å². The first-order chi connectivity index (χ1) is 11.8. The summed E-state index contributed by atoms with van der Waals surface area (Å²) in [4.78, 5) is 29.8. The molecule has 0 aliphatic rings. The Kier molecular flexibility index (Phi) is 6.61. The lowest BCUT2D eigenvalue weighted by molar-refractivity contribution is -0.119. The quantitative estimate of drug-likeness (QED) is 0.741. The van der Waals surface area contributed by atoms with Gasteiger partial charge >= 0.3 is 0 Å². The molecule has 0 radical (unpaired) electrons. The van der Waals surface area contributed by atoms with Gasteiger partial charge in [-0.2, -0.15) is 5.10 Å². The number of nitrogens with one attached hydrogen (secondary N) is 1. The Bertz CT molecular complexity index is 762. The van der Waals surface area contributed by atoms with Crippen LogP contribution in [0.2, 0.25) is 5.02 Å². The number of carbonyl (C=O) groups excluding carboxylic acids is 2. The van der Waals surface area contributed by atoms with E-state index in [2.05, 4.69) is 15.4 Å². The Morgan fingerprint density at radius 3 is 2.72 bits per heavy atom. The van der Waals surface area contributed by atoms with Gasteiger partial charge in [-0.1, -0.05) is 25.4 Å². The lowest BCUT2D eigenvalue weighted by atomic mass is 10.0. The van der Waals surface area contributed by atoms with Crippen LogP contribution in [-0.4, -0.2) is 56.8 Å². The van der Waals surface area contributed by atoms with E-state index in [1.54, 1.807) is 25.5 Å². The van der Waals surface area contributed by atoms with Crippen LogP contribution in [0.25, 0.3) is 5.65 Å². The SMILES string of the molecule is CC(C)C(CCN(C)C(=O)c1nn2cccnc2c1Cl)NC(=O)CCl. The molecule has 1 N–H and O–H groups in total. The second-order valence-electron chi connectivity index (χ2n) is 6.12. The van der Waals surface area contributed by atoms with E-state index in [1.807, 2.05) is 13.8 Å². The molecule has 0 aromatic carbocycles. The average Bonchev–Trinajstić information content (AvgIpc) is 2.94. The van der Waals surface area contributed by atoms with Crippen molar-refractivity contribution < 1.29 is 9.59 Å². The third-order valence-corrected chi connectivity index (χ3v) is 4.53. The van der Waals surface area contributed by atoms with E-state index >= 15 is 0 Å². The third-order valence-electron chi connectivity index (χ3n) is 3.94. The number of alkyl halides is 1. The summed E-state index contributed by atoms with van der Waals surface area (Å²) < 4.78 is 1.47. The molecule has 1 atom stereocenters. The van der Waals surface area contributed by atoms with Gasteiger partial charge in [0, 0.05) is 32.0 Å². The Morgan fingerprint density at radius 2 is 2.12 bits per heavy atom. The van der Waals surface area contributed by atoms with Gasteiger partial charge in [0.15, 0.2) is 11.3 Å². The van der Waals surface area contributed by atoms with Crippen LogP contribution in [0, 0.1) is 5.92 Å². The number of hydrogen-bond acceptors (Lipinski definition) is 4. The van der Waals surface area contributed by atoms with Crippen LogP contribution in [0.3, 0.4) is 0 Å². The number of hydrogen-bond donors (Lipinski definition) is 1. The molecule has 2 aromatic rings. The number of amides is 2. The van der Waals surface area contributed by atoms with Crippen molar-refractivity contribution in [3.63, 3.8) is 0 Å². The molecule has 0 aliphatic heterocycles. The van der Waals surface area contributed by atoms with E-state index in [1.165, 1.54) is 9.42 Å². The van der Waals surface area contributed by atoms with E-state index in [-0.39, 0.29) is 40.4 Å². The summed E-state index contributed by atoms with van der Waals surface area (Å²) in [6, 6.07) is 1.64. The average molecular weight is 386 g/mol. The van der Waals surface area contributed by atoms with Crippen molar-refractivity contribution in [3.8, 4) is 0 Å². The maximum Gasteiger partial charge on any atom is 0.275 e. The molecule has 136 valence electrons. The molecule has 7 nitrogen and oxygen atoms in total. The predicted octanol–water partition coefficient (Wildman–Crippen LogP) is 2.22. The van der Waals surface area contributed by atoms with Crippen LogP contribution >= 0.6 is 23.2 Å². The molecule has 2 aromatic heterocycles. The minimum absolute atomic E-state index is 0.0697. The Balaban J connectivity index is 2.06. The molecule has 2 amide bonds. The summed E-state index contributed by atoms with van der Waals surface area (Å²) in [6.45, 7) is 4.46. The fourth-order valence-electron chi connectivity index (χ4n) is 2.43. The van der Waals surface area contributed by atoms with Crippen molar-refractivity contribution >= 4 is 40.7 Å². The van der Waals surface area contributed by atoms with E-state index < -0.39 is 0 Å². The zero-order valence-electron chi connectivity index (χ0n) is 14.4. The highest BCUT2D eigenvalue weighted by Crippen LogP contribution is 2.21. The second kappa shape index (κ2) is 8.49. The fourth-order valence-corrected chi connectivity index (χ4v) is 2.76. The Hall–Kier alpha value is -1.86. The third kappa shape index (κ3) is 4.61. The summed E-state index contributed by atoms with van der Waals surface area (Å²) in [5.41, 5.74) is 0.601. The second-order valence-corrected chi connectivity index (χ2v) is 6.76. The van der Waals surface area contributed by atoms with Gasteiger partial charge < -0.3 is 10.2 Å². The molecule has 0 aliphatic carbocycles. The lowest BCUT2D eigenvalue weighted by Gasteiger charge is -2.25. The molecule has 25 heavy (non-hydrogen) atoms. The van der Waals surface area contributed by atoms with Gasteiger partial charge in [-0.05, 0) is 18.4 Å². The van der Waals surface area contributed by atoms with E-state index in [9.17, 15) is 9.59 Å². The van der Waals surface area contributed by atoms with Crippen LogP contribution in [0.1, 0.15) is 30.8 Å². The molecule has 0 saturated carbocycles. The van der Waals surface area contributed by atoms with Crippen LogP contribution < -0.4 is 5.32 Å². The minimum Gasteiger partial charge on any atom is -0.352 e. The summed E-state index contributed by atoms with van der Waals surface area (Å²) in [7, 11) is 1.68. The molecular formula is C16H21Cl2N5O2. The summed E-state index contributed by atoms with van der Waals surface area (Å²) in [5.74, 6) is -0.369. The fraction of sp³-hybridized carbons (Fsp3) is 0.500. The first-order valence-electron chi connectivity index (χ1n) is 7.94. The molecule has 1 unspecified atom stereocenters. The topological polar surface area (TPSA) is 79.6 Å². The number of halogens is 2. The number of rotatable bonds is 7. The molecule has 2 rings (SSSR count). The van der Waals surface area contributed by atoms with Crippen molar-refractivity contribution in [1.82, 2.24) is 24.8 Å². The number of fused-ring (bicyclic) bond motifs is 1. The predicted molar refractivity (Wildman–Crippen MR) is 97.1 cm³/mol. The van der Waals surface area contributed by atoms with Crippen LogP contribution in [-0.2, 0) is 4.79 Å². The zero-order chi connectivity index (χ0) is 18.6. The largest absolute Gasteiger partial charge is 0.352 e.